The molecule has 0 aliphatic carbocycles. The summed E-state index contributed by atoms with van der Waals surface area (Å²) in [5.41, 5.74) is -0.771. The third kappa shape index (κ3) is 2.74. The second kappa shape index (κ2) is 6.22. The van der Waals surface area contributed by atoms with Crippen LogP contribution in [0, 0.1) is 11.3 Å². The second-order valence-electron chi connectivity index (χ2n) is 6.46. The van der Waals surface area contributed by atoms with Gasteiger partial charge in [-0.15, -0.1) is 0 Å². The predicted molar refractivity (Wildman–Crippen MR) is 81.7 cm³/mol. The highest BCUT2D eigenvalue weighted by atomic mass is 16.6. The largest absolute Gasteiger partial charge is 0.384 e. The fourth-order valence-corrected chi connectivity index (χ4v) is 3.27. The number of benzene rings is 1. The van der Waals surface area contributed by atoms with E-state index in [0.29, 0.717) is 0 Å². The summed E-state index contributed by atoms with van der Waals surface area (Å²) in [6.07, 6.45) is -0.407. The molecule has 0 saturated carbocycles. The van der Waals surface area contributed by atoms with Crippen molar-refractivity contribution in [2.45, 2.75) is 39.5 Å². The molecule has 0 aromatic heterocycles. The third-order valence-corrected chi connectivity index (χ3v) is 4.25. The molecule has 4 nitrogen and oxygen atoms in total. The molecule has 2 unspecified atom stereocenters. The van der Waals surface area contributed by atoms with Crippen LogP contribution in [0.15, 0.2) is 30.3 Å². The maximum absolute atomic E-state index is 11.5. The van der Waals surface area contributed by atoms with Crippen LogP contribution in [0.4, 0.5) is 0 Å². The van der Waals surface area contributed by atoms with Crippen molar-refractivity contribution in [3.05, 3.63) is 35.9 Å². The maximum Gasteiger partial charge on any atom is 0.139 e. The number of aliphatic hydroxyl groups is 1. The molecule has 0 bridgehead atoms. The minimum absolute atomic E-state index is 0.0116. The smallest absolute Gasteiger partial charge is 0.139 e. The number of hydrogen-bond donors (Lipinski definition) is 2. The van der Waals surface area contributed by atoms with Gasteiger partial charge in [0.1, 0.15) is 11.8 Å². The SMILES string of the molecule is CC(C)C(O)(c1ccccc1)C(C)(C)C(ON)N(C)C. The highest BCUT2D eigenvalue weighted by Gasteiger charge is 2.52. The van der Waals surface area contributed by atoms with Crippen LogP contribution >= 0.6 is 0 Å². The summed E-state index contributed by atoms with van der Waals surface area (Å²) >= 11 is 0. The fourth-order valence-electron chi connectivity index (χ4n) is 3.27. The Hall–Kier alpha value is -0.940. The number of nitrogens with zero attached hydrogens (tertiary/aromatic N) is 1. The van der Waals surface area contributed by atoms with Gasteiger partial charge >= 0.3 is 0 Å². The molecule has 0 heterocycles. The molecule has 2 atom stereocenters. The van der Waals surface area contributed by atoms with Gasteiger partial charge in [0.15, 0.2) is 0 Å². The zero-order chi connectivity index (χ0) is 15.6. The minimum atomic E-state index is -1.05. The molecular formula is C16H28N2O2. The molecule has 0 amide bonds. The molecule has 4 heteroatoms. The topological polar surface area (TPSA) is 58.7 Å². The molecule has 1 aromatic carbocycles. The van der Waals surface area contributed by atoms with Crippen molar-refractivity contribution in [3.63, 3.8) is 0 Å². The van der Waals surface area contributed by atoms with Crippen LogP contribution in [-0.4, -0.2) is 30.3 Å². The van der Waals surface area contributed by atoms with E-state index in [9.17, 15) is 5.11 Å². The fraction of sp³-hybridized carbons (Fsp3) is 0.625. The van der Waals surface area contributed by atoms with Crippen LogP contribution in [-0.2, 0) is 10.4 Å². The van der Waals surface area contributed by atoms with Crippen molar-refractivity contribution in [2.24, 2.45) is 17.2 Å². The van der Waals surface area contributed by atoms with Gasteiger partial charge in [0.25, 0.3) is 0 Å². The Morgan fingerprint density at radius 1 is 1.15 bits per heavy atom. The highest BCUT2D eigenvalue weighted by Crippen LogP contribution is 2.48. The molecule has 20 heavy (non-hydrogen) atoms. The van der Waals surface area contributed by atoms with Crippen molar-refractivity contribution in [2.75, 3.05) is 14.1 Å². The van der Waals surface area contributed by atoms with E-state index in [1.165, 1.54) is 0 Å². The lowest BCUT2D eigenvalue weighted by Crippen LogP contribution is -2.58. The van der Waals surface area contributed by atoms with Gasteiger partial charge in [-0.3, -0.25) is 9.74 Å². The first-order valence-electron chi connectivity index (χ1n) is 6.99. The van der Waals surface area contributed by atoms with Crippen LogP contribution in [0.25, 0.3) is 0 Å². The summed E-state index contributed by atoms with van der Waals surface area (Å²) in [5, 5.41) is 11.5. The van der Waals surface area contributed by atoms with E-state index < -0.39 is 17.2 Å². The van der Waals surface area contributed by atoms with Gasteiger partial charge in [0, 0.05) is 5.41 Å². The third-order valence-electron chi connectivity index (χ3n) is 4.25. The van der Waals surface area contributed by atoms with E-state index in [1.807, 2.05) is 77.0 Å². The van der Waals surface area contributed by atoms with E-state index in [1.54, 1.807) is 0 Å². The Morgan fingerprint density at radius 3 is 2.00 bits per heavy atom. The van der Waals surface area contributed by atoms with Crippen molar-refractivity contribution < 1.29 is 9.94 Å². The summed E-state index contributed by atoms with van der Waals surface area (Å²) in [4.78, 5) is 7.05. The first-order chi connectivity index (χ1) is 9.19. The van der Waals surface area contributed by atoms with E-state index in [0.717, 1.165) is 5.56 Å². The average Bonchev–Trinajstić information content (AvgIpc) is 2.38. The van der Waals surface area contributed by atoms with Gasteiger partial charge in [0.05, 0.1) is 0 Å². The molecular weight excluding hydrogens is 252 g/mol. The van der Waals surface area contributed by atoms with Gasteiger partial charge in [-0.2, -0.15) is 0 Å². The summed E-state index contributed by atoms with van der Waals surface area (Å²) in [6.45, 7) is 7.99. The quantitative estimate of drug-likeness (QED) is 0.620. The van der Waals surface area contributed by atoms with Gasteiger partial charge in [-0.25, -0.2) is 5.90 Å². The summed E-state index contributed by atoms with van der Waals surface area (Å²) in [5.74, 6) is 5.49. The summed E-state index contributed by atoms with van der Waals surface area (Å²) in [6, 6.07) is 9.72. The highest BCUT2D eigenvalue weighted by molar-refractivity contribution is 5.26. The summed E-state index contributed by atoms with van der Waals surface area (Å²) in [7, 11) is 3.79. The number of hydrogen-bond acceptors (Lipinski definition) is 4. The van der Waals surface area contributed by atoms with Gasteiger partial charge in [-0.05, 0) is 25.6 Å². The van der Waals surface area contributed by atoms with Crippen LogP contribution in [0.3, 0.4) is 0 Å². The zero-order valence-electron chi connectivity index (χ0n) is 13.4. The van der Waals surface area contributed by atoms with Gasteiger partial charge in [0.2, 0.25) is 0 Å². The van der Waals surface area contributed by atoms with E-state index >= 15 is 0 Å². The van der Waals surface area contributed by atoms with Gasteiger partial charge < -0.3 is 5.11 Å². The zero-order valence-corrected chi connectivity index (χ0v) is 13.4. The van der Waals surface area contributed by atoms with Crippen LogP contribution in [0.2, 0.25) is 0 Å². The number of nitrogens with two attached hydrogens (primary N) is 1. The predicted octanol–water partition coefficient (Wildman–Crippen LogP) is 2.33. The normalized spacial score (nSPS) is 17.3. The maximum atomic E-state index is 11.5. The lowest BCUT2D eigenvalue weighted by atomic mass is 9.64. The molecule has 0 spiro atoms. The van der Waals surface area contributed by atoms with Crippen molar-refractivity contribution >= 4 is 0 Å². The Bertz CT molecular complexity index is 418. The molecule has 0 aliphatic rings. The van der Waals surface area contributed by atoms with Crippen LogP contribution in [0.5, 0.6) is 0 Å². The Morgan fingerprint density at radius 2 is 1.65 bits per heavy atom. The van der Waals surface area contributed by atoms with Crippen LogP contribution < -0.4 is 5.90 Å². The van der Waals surface area contributed by atoms with Crippen LogP contribution in [0.1, 0.15) is 33.3 Å². The molecule has 1 aromatic rings. The van der Waals surface area contributed by atoms with Crippen molar-refractivity contribution in [1.29, 1.82) is 0 Å². The number of rotatable bonds is 6. The Kier molecular flexibility index (Phi) is 5.33. The lowest BCUT2D eigenvalue weighted by Gasteiger charge is -2.50. The van der Waals surface area contributed by atoms with E-state index in [4.69, 9.17) is 10.7 Å². The van der Waals surface area contributed by atoms with Gasteiger partial charge in [-0.1, -0.05) is 58.0 Å². The molecule has 1 rings (SSSR count). The van der Waals surface area contributed by atoms with E-state index in [2.05, 4.69) is 0 Å². The molecule has 0 aliphatic heterocycles. The van der Waals surface area contributed by atoms with E-state index in [-0.39, 0.29) is 5.92 Å². The lowest BCUT2D eigenvalue weighted by molar-refractivity contribution is -0.212. The molecule has 114 valence electrons. The monoisotopic (exact) mass is 280 g/mol. The second-order valence-corrected chi connectivity index (χ2v) is 6.46. The Balaban J connectivity index is 3.39. The average molecular weight is 280 g/mol. The molecule has 3 N–H and O–H groups in total. The molecule has 0 saturated heterocycles. The molecule has 0 fully saturated rings. The molecule has 0 radical (unpaired) electrons. The first-order valence-corrected chi connectivity index (χ1v) is 6.99. The van der Waals surface area contributed by atoms with Crippen molar-refractivity contribution in [1.82, 2.24) is 4.90 Å². The van der Waals surface area contributed by atoms with Crippen molar-refractivity contribution in [3.8, 4) is 0 Å². The first kappa shape index (κ1) is 17.1. The Labute approximate surface area is 122 Å². The minimum Gasteiger partial charge on any atom is -0.384 e. The standard InChI is InChI=1S/C16H28N2O2/c1-12(2)16(19,13-10-8-7-9-11-13)15(3,4)14(20-17)18(5)6/h7-12,14,19H,17H2,1-6H3. The summed E-state index contributed by atoms with van der Waals surface area (Å²) < 4.78 is 0.